The zero-order chi connectivity index (χ0) is 17.9. The first-order valence-electron chi connectivity index (χ1n) is 8.84. The lowest BCUT2D eigenvalue weighted by Crippen LogP contribution is -2.54. The van der Waals surface area contributed by atoms with Crippen molar-refractivity contribution in [3.63, 3.8) is 0 Å². The monoisotopic (exact) mass is 369 g/mol. The highest BCUT2D eigenvalue weighted by molar-refractivity contribution is 7.86. The van der Waals surface area contributed by atoms with E-state index in [9.17, 15) is 8.42 Å². The van der Waals surface area contributed by atoms with Gasteiger partial charge >= 0.3 is 0 Å². The Kier molecular flexibility index (Phi) is 6.00. The molecule has 0 saturated carbocycles. The lowest BCUT2D eigenvalue weighted by Gasteiger charge is -2.37. The molecule has 0 amide bonds. The lowest BCUT2D eigenvalue weighted by atomic mass is 10.2. The highest BCUT2D eigenvalue weighted by Gasteiger charge is 2.33. The van der Waals surface area contributed by atoms with E-state index in [0.717, 1.165) is 18.1 Å². The van der Waals surface area contributed by atoms with Gasteiger partial charge in [-0.3, -0.25) is 4.90 Å². The van der Waals surface area contributed by atoms with Crippen LogP contribution in [0.4, 0.5) is 0 Å². The van der Waals surface area contributed by atoms with Crippen molar-refractivity contribution in [3.05, 3.63) is 23.8 Å². The first-order valence-corrected chi connectivity index (χ1v) is 10.2. The number of ether oxygens (including phenoxy) is 1. The van der Waals surface area contributed by atoms with Crippen LogP contribution in [0.1, 0.15) is 31.3 Å². The molecule has 0 aliphatic carbocycles. The zero-order valence-electron chi connectivity index (χ0n) is 15.0. The Morgan fingerprint density at radius 1 is 1.08 bits per heavy atom. The minimum atomic E-state index is -3.36. The molecular formula is C16H27N5O3S. The summed E-state index contributed by atoms with van der Waals surface area (Å²) < 4.78 is 33.7. The summed E-state index contributed by atoms with van der Waals surface area (Å²) in [7, 11) is -3.36. The second-order valence-electron chi connectivity index (χ2n) is 6.76. The largest absolute Gasteiger partial charge is 0.379 e. The summed E-state index contributed by atoms with van der Waals surface area (Å²) >= 11 is 0. The van der Waals surface area contributed by atoms with Crippen LogP contribution in [0.2, 0.25) is 0 Å². The van der Waals surface area contributed by atoms with Crippen LogP contribution in [0.5, 0.6) is 0 Å². The summed E-state index contributed by atoms with van der Waals surface area (Å²) in [5.74, 6) is 1.15. The quantitative estimate of drug-likeness (QED) is 0.743. The van der Waals surface area contributed by atoms with E-state index in [0.29, 0.717) is 58.4 Å². The summed E-state index contributed by atoms with van der Waals surface area (Å²) in [6, 6.07) is 1.93. The normalized spacial score (nSPS) is 21.7. The summed E-state index contributed by atoms with van der Waals surface area (Å²) in [5, 5.41) is 0. The summed E-state index contributed by atoms with van der Waals surface area (Å²) in [6.45, 7) is 9.19. The highest BCUT2D eigenvalue weighted by atomic mass is 32.2. The van der Waals surface area contributed by atoms with Gasteiger partial charge in [0.15, 0.2) is 0 Å². The smallest absolute Gasteiger partial charge is 0.282 e. The number of piperazine rings is 1. The molecule has 25 heavy (non-hydrogen) atoms. The predicted molar refractivity (Wildman–Crippen MR) is 94.3 cm³/mol. The number of hydrogen-bond donors (Lipinski definition) is 0. The molecule has 2 aliphatic rings. The first-order chi connectivity index (χ1) is 12.0. The van der Waals surface area contributed by atoms with Crippen molar-refractivity contribution in [1.29, 1.82) is 0 Å². The van der Waals surface area contributed by atoms with Gasteiger partial charge in [-0.15, -0.1) is 0 Å². The van der Waals surface area contributed by atoms with E-state index in [1.807, 2.05) is 6.07 Å². The molecule has 0 bridgehead atoms. The molecule has 0 unspecified atom stereocenters. The summed E-state index contributed by atoms with van der Waals surface area (Å²) in [5.41, 5.74) is 0.989. The van der Waals surface area contributed by atoms with Gasteiger partial charge in [0.25, 0.3) is 10.2 Å². The van der Waals surface area contributed by atoms with E-state index in [4.69, 9.17) is 4.74 Å². The van der Waals surface area contributed by atoms with Crippen molar-refractivity contribution in [3.8, 4) is 0 Å². The molecule has 2 saturated heterocycles. The van der Waals surface area contributed by atoms with Gasteiger partial charge in [-0.2, -0.15) is 17.0 Å². The molecule has 0 aromatic carbocycles. The SMILES string of the molecule is CC(C)c1nccc(CN2CCN(S(=O)(=O)N3CCOCC3)CC2)n1. The standard InChI is InChI=1S/C16H27N5O3S/c1-14(2)16-17-4-3-15(18-16)13-19-5-7-20(8-6-19)25(22,23)21-9-11-24-12-10-21/h3-4,14H,5-13H2,1-2H3. The number of aromatic nitrogens is 2. The third kappa shape index (κ3) is 4.53. The topological polar surface area (TPSA) is 78.9 Å². The first kappa shape index (κ1) is 18.7. The highest BCUT2D eigenvalue weighted by Crippen LogP contribution is 2.16. The third-order valence-corrected chi connectivity index (χ3v) is 6.62. The van der Waals surface area contributed by atoms with Crippen molar-refractivity contribution >= 4 is 10.2 Å². The maximum atomic E-state index is 12.7. The van der Waals surface area contributed by atoms with Gasteiger partial charge in [0.2, 0.25) is 0 Å². The molecule has 1 aromatic rings. The van der Waals surface area contributed by atoms with Gasteiger partial charge in [0.05, 0.1) is 18.9 Å². The second-order valence-corrected chi connectivity index (χ2v) is 8.68. The molecule has 3 rings (SSSR count). The number of morpholine rings is 1. The van der Waals surface area contributed by atoms with Crippen molar-refractivity contribution in [2.24, 2.45) is 0 Å². The molecule has 0 spiro atoms. The minimum absolute atomic E-state index is 0.301. The number of rotatable bonds is 5. The molecule has 0 radical (unpaired) electrons. The van der Waals surface area contributed by atoms with E-state index >= 15 is 0 Å². The lowest BCUT2D eigenvalue weighted by molar-refractivity contribution is 0.0683. The van der Waals surface area contributed by atoms with Gasteiger partial charge < -0.3 is 4.74 Å². The van der Waals surface area contributed by atoms with Crippen LogP contribution in [0.25, 0.3) is 0 Å². The van der Waals surface area contributed by atoms with E-state index in [-0.39, 0.29) is 0 Å². The van der Waals surface area contributed by atoms with E-state index < -0.39 is 10.2 Å². The van der Waals surface area contributed by atoms with Gasteiger partial charge in [-0.1, -0.05) is 13.8 Å². The van der Waals surface area contributed by atoms with Crippen molar-refractivity contribution in [2.75, 3.05) is 52.5 Å². The molecule has 1 aromatic heterocycles. The Hall–Kier alpha value is -1.13. The number of nitrogens with zero attached hydrogens (tertiary/aromatic N) is 5. The van der Waals surface area contributed by atoms with Crippen molar-refractivity contribution in [1.82, 2.24) is 23.5 Å². The Bertz CT molecular complexity index is 668. The van der Waals surface area contributed by atoms with Crippen LogP contribution in [-0.4, -0.2) is 84.4 Å². The van der Waals surface area contributed by atoms with Crippen LogP contribution in [-0.2, 0) is 21.5 Å². The summed E-state index contributed by atoms with van der Waals surface area (Å²) in [6.07, 6.45) is 1.80. The molecule has 0 atom stereocenters. The fraction of sp³-hybridized carbons (Fsp3) is 0.750. The average molecular weight is 369 g/mol. The minimum Gasteiger partial charge on any atom is -0.379 e. The van der Waals surface area contributed by atoms with E-state index in [1.165, 1.54) is 4.31 Å². The molecule has 9 heteroatoms. The Morgan fingerprint density at radius 3 is 2.36 bits per heavy atom. The van der Waals surface area contributed by atoms with Gasteiger partial charge in [-0.05, 0) is 6.07 Å². The van der Waals surface area contributed by atoms with Crippen LogP contribution < -0.4 is 0 Å². The van der Waals surface area contributed by atoms with Crippen LogP contribution in [0, 0.1) is 0 Å². The van der Waals surface area contributed by atoms with Gasteiger partial charge in [0, 0.05) is 57.9 Å². The second kappa shape index (κ2) is 8.05. The Balaban J connectivity index is 1.56. The van der Waals surface area contributed by atoms with Crippen LogP contribution in [0.15, 0.2) is 12.3 Å². The third-order valence-electron chi connectivity index (χ3n) is 4.59. The fourth-order valence-electron chi connectivity index (χ4n) is 3.07. The maximum Gasteiger partial charge on any atom is 0.282 e. The summed E-state index contributed by atoms with van der Waals surface area (Å²) in [4.78, 5) is 11.1. The van der Waals surface area contributed by atoms with E-state index in [1.54, 1.807) is 10.5 Å². The van der Waals surface area contributed by atoms with Crippen LogP contribution in [0.3, 0.4) is 0 Å². The van der Waals surface area contributed by atoms with Crippen LogP contribution >= 0.6 is 0 Å². The molecule has 2 aliphatic heterocycles. The van der Waals surface area contributed by atoms with Crippen molar-refractivity contribution < 1.29 is 13.2 Å². The van der Waals surface area contributed by atoms with E-state index in [2.05, 4.69) is 28.7 Å². The molecule has 3 heterocycles. The van der Waals surface area contributed by atoms with Crippen molar-refractivity contribution in [2.45, 2.75) is 26.3 Å². The van der Waals surface area contributed by atoms with Gasteiger partial charge in [0.1, 0.15) is 5.82 Å². The molecular weight excluding hydrogens is 342 g/mol. The average Bonchev–Trinajstić information content (AvgIpc) is 2.63. The molecule has 8 nitrogen and oxygen atoms in total. The number of hydrogen-bond acceptors (Lipinski definition) is 6. The Morgan fingerprint density at radius 2 is 1.72 bits per heavy atom. The maximum absolute atomic E-state index is 12.7. The fourth-order valence-corrected chi connectivity index (χ4v) is 4.63. The molecule has 2 fully saturated rings. The van der Waals surface area contributed by atoms with Gasteiger partial charge in [-0.25, -0.2) is 9.97 Å². The molecule has 140 valence electrons. The molecule has 0 N–H and O–H groups in total. The Labute approximate surface area is 150 Å². The zero-order valence-corrected chi connectivity index (χ0v) is 15.8. The predicted octanol–water partition coefficient (Wildman–Crippen LogP) is 0.295.